The molecule has 0 radical (unpaired) electrons. The van der Waals surface area contributed by atoms with Crippen molar-refractivity contribution in [2.75, 3.05) is 5.75 Å². The summed E-state index contributed by atoms with van der Waals surface area (Å²) in [4.78, 5) is 2.51. The van der Waals surface area contributed by atoms with E-state index in [4.69, 9.17) is 0 Å². The van der Waals surface area contributed by atoms with Crippen molar-refractivity contribution in [2.45, 2.75) is 82.9 Å². The first-order chi connectivity index (χ1) is 14.6. The summed E-state index contributed by atoms with van der Waals surface area (Å²) in [7, 11) is 0. The summed E-state index contributed by atoms with van der Waals surface area (Å²) in [6.07, 6.45) is 7.47. The first-order valence-corrected chi connectivity index (χ1v) is 12.8. The van der Waals surface area contributed by atoms with Gasteiger partial charge in [0.25, 0.3) is 0 Å². The summed E-state index contributed by atoms with van der Waals surface area (Å²) in [5.74, 6) is 1.40. The maximum atomic E-state index is 11.4. The molecule has 2 nitrogen and oxygen atoms in total. The smallest absolute Gasteiger partial charge is 0.0786 e. The molecule has 1 aliphatic rings. The highest BCUT2D eigenvalue weighted by Gasteiger charge is 2.28. The van der Waals surface area contributed by atoms with Crippen LogP contribution in [0.5, 0.6) is 0 Å². The van der Waals surface area contributed by atoms with E-state index in [0.717, 1.165) is 30.5 Å². The molecule has 2 aromatic carbocycles. The monoisotopic (exact) mass is 425 g/mol. The molecular weight excluding hydrogens is 386 g/mol. The molecule has 0 bridgehead atoms. The van der Waals surface area contributed by atoms with Crippen molar-refractivity contribution < 1.29 is 5.11 Å². The quantitative estimate of drug-likeness (QED) is 0.443. The average molecular weight is 426 g/mol. The molecule has 0 heterocycles. The number of benzene rings is 2. The van der Waals surface area contributed by atoms with Gasteiger partial charge in [-0.2, -0.15) is 11.8 Å². The van der Waals surface area contributed by atoms with Gasteiger partial charge in [0, 0.05) is 30.1 Å². The molecule has 1 saturated carbocycles. The number of aliphatic hydroxyl groups is 1. The standard InChI is InChI=1S/C27H39NOS/c1-22(2)18-26(27(29)21-30-25-16-10-5-11-17-25)28(19-23-12-6-3-7-13-23)20-24-14-8-4-9-15-24/h3-4,6-9,12-15,22,25-27,29H,5,10-11,16-21H2,1-2H3/t26-,27-/m0/s1. The van der Waals surface area contributed by atoms with E-state index in [-0.39, 0.29) is 12.1 Å². The van der Waals surface area contributed by atoms with Crippen LogP contribution in [0.25, 0.3) is 0 Å². The van der Waals surface area contributed by atoms with Crippen LogP contribution in [-0.4, -0.2) is 33.2 Å². The van der Waals surface area contributed by atoms with Crippen molar-refractivity contribution in [3.05, 3.63) is 71.8 Å². The van der Waals surface area contributed by atoms with Gasteiger partial charge in [0.05, 0.1) is 6.10 Å². The highest BCUT2D eigenvalue weighted by molar-refractivity contribution is 7.99. The van der Waals surface area contributed by atoms with Gasteiger partial charge >= 0.3 is 0 Å². The SMILES string of the molecule is CC(C)C[C@@H]([C@@H](O)CSC1CCCCC1)N(Cc1ccccc1)Cc1ccccc1. The zero-order valence-electron chi connectivity index (χ0n) is 18.7. The lowest BCUT2D eigenvalue weighted by Gasteiger charge is -2.37. The van der Waals surface area contributed by atoms with Crippen LogP contribution >= 0.6 is 11.8 Å². The number of hydrogen-bond acceptors (Lipinski definition) is 3. The zero-order chi connectivity index (χ0) is 21.2. The highest BCUT2D eigenvalue weighted by atomic mass is 32.2. The molecular formula is C27H39NOS. The summed E-state index contributed by atoms with van der Waals surface area (Å²) in [6.45, 7) is 6.30. The molecule has 3 rings (SSSR count). The lowest BCUT2D eigenvalue weighted by Crippen LogP contribution is -2.45. The number of nitrogens with zero attached hydrogens (tertiary/aromatic N) is 1. The van der Waals surface area contributed by atoms with Gasteiger partial charge in [0.15, 0.2) is 0 Å². The fourth-order valence-corrected chi connectivity index (χ4v) is 5.89. The number of aliphatic hydroxyl groups excluding tert-OH is 1. The van der Waals surface area contributed by atoms with E-state index in [1.807, 2.05) is 11.8 Å². The Morgan fingerprint density at radius 1 is 0.867 bits per heavy atom. The predicted octanol–water partition coefficient (Wildman–Crippen LogP) is 6.53. The molecule has 3 heteroatoms. The molecule has 1 aliphatic carbocycles. The van der Waals surface area contributed by atoms with E-state index in [2.05, 4.69) is 79.4 Å². The molecule has 0 saturated heterocycles. The second-order valence-corrected chi connectivity index (χ2v) is 10.6. The van der Waals surface area contributed by atoms with Crippen LogP contribution in [0.1, 0.15) is 63.5 Å². The Morgan fingerprint density at radius 3 is 1.90 bits per heavy atom. The second-order valence-electron chi connectivity index (χ2n) is 9.23. The molecule has 1 N–H and O–H groups in total. The third-order valence-electron chi connectivity index (χ3n) is 6.14. The summed E-state index contributed by atoms with van der Waals surface area (Å²) in [6, 6.07) is 21.6. The van der Waals surface area contributed by atoms with Crippen molar-refractivity contribution in [1.82, 2.24) is 4.90 Å². The van der Waals surface area contributed by atoms with Crippen molar-refractivity contribution in [3.8, 4) is 0 Å². The van der Waals surface area contributed by atoms with Gasteiger partial charge in [-0.3, -0.25) is 4.90 Å². The zero-order valence-corrected chi connectivity index (χ0v) is 19.6. The van der Waals surface area contributed by atoms with Gasteiger partial charge < -0.3 is 5.11 Å². The Bertz CT molecular complexity index is 658. The highest BCUT2D eigenvalue weighted by Crippen LogP contribution is 2.30. The molecule has 30 heavy (non-hydrogen) atoms. The maximum Gasteiger partial charge on any atom is 0.0786 e. The predicted molar refractivity (Wildman–Crippen MR) is 131 cm³/mol. The largest absolute Gasteiger partial charge is 0.391 e. The first-order valence-electron chi connectivity index (χ1n) is 11.7. The number of hydrogen-bond donors (Lipinski definition) is 1. The molecule has 0 aromatic heterocycles. The van der Waals surface area contributed by atoms with Gasteiger partial charge in [-0.1, -0.05) is 93.8 Å². The Hall–Kier alpha value is -1.29. The lowest BCUT2D eigenvalue weighted by atomic mass is 9.97. The van der Waals surface area contributed by atoms with E-state index >= 15 is 0 Å². The van der Waals surface area contributed by atoms with Crippen LogP contribution in [0, 0.1) is 5.92 Å². The van der Waals surface area contributed by atoms with E-state index in [1.54, 1.807) is 0 Å². The van der Waals surface area contributed by atoms with Crippen molar-refractivity contribution >= 4 is 11.8 Å². The minimum Gasteiger partial charge on any atom is -0.391 e. The molecule has 164 valence electrons. The summed E-state index contributed by atoms with van der Waals surface area (Å²) in [5.41, 5.74) is 2.63. The minimum absolute atomic E-state index is 0.168. The van der Waals surface area contributed by atoms with Crippen molar-refractivity contribution in [1.29, 1.82) is 0 Å². The molecule has 2 atom stereocenters. The topological polar surface area (TPSA) is 23.5 Å². The van der Waals surface area contributed by atoms with Crippen LogP contribution in [0.3, 0.4) is 0 Å². The number of thioether (sulfide) groups is 1. The molecule has 1 fully saturated rings. The Balaban J connectivity index is 1.74. The molecule has 0 unspecified atom stereocenters. The van der Waals surface area contributed by atoms with Gasteiger partial charge in [-0.15, -0.1) is 0 Å². The summed E-state index contributed by atoms with van der Waals surface area (Å²) < 4.78 is 0. The molecule has 0 amide bonds. The van der Waals surface area contributed by atoms with Crippen molar-refractivity contribution in [3.63, 3.8) is 0 Å². The van der Waals surface area contributed by atoms with Crippen LogP contribution in [0.4, 0.5) is 0 Å². The van der Waals surface area contributed by atoms with E-state index in [9.17, 15) is 5.11 Å². The maximum absolute atomic E-state index is 11.4. The fraction of sp³-hybridized carbons (Fsp3) is 0.556. The van der Waals surface area contributed by atoms with Crippen molar-refractivity contribution in [2.24, 2.45) is 5.92 Å². The lowest BCUT2D eigenvalue weighted by molar-refractivity contribution is 0.0412. The van der Waals surface area contributed by atoms with Gasteiger partial charge in [0.1, 0.15) is 0 Å². The third kappa shape index (κ3) is 7.76. The van der Waals surface area contributed by atoms with E-state index in [0.29, 0.717) is 5.92 Å². The van der Waals surface area contributed by atoms with Crippen LogP contribution in [0.2, 0.25) is 0 Å². The first kappa shape index (κ1) is 23.4. The second kappa shape index (κ2) is 12.5. The minimum atomic E-state index is -0.299. The fourth-order valence-electron chi connectivity index (χ4n) is 4.54. The number of rotatable bonds is 11. The Kier molecular flexibility index (Phi) is 9.77. The van der Waals surface area contributed by atoms with Crippen LogP contribution in [0.15, 0.2) is 60.7 Å². The van der Waals surface area contributed by atoms with E-state index < -0.39 is 0 Å². The van der Waals surface area contributed by atoms with E-state index in [1.165, 1.54) is 43.2 Å². The average Bonchev–Trinajstić information content (AvgIpc) is 2.77. The molecule has 0 spiro atoms. The molecule has 0 aliphatic heterocycles. The molecule has 2 aromatic rings. The van der Waals surface area contributed by atoms with Crippen LogP contribution in [-0.2, 0) is 13.1 Å². The van der Waals surface area contributed by atoms with Gasteiger partial charge in [-0.25, -0.2) is 0 Å². The summed E-state index contributed by atoms with van der Waals surface area (Å²) in [5, 5.41) is 12.1. The van der Waals surface area contributed by atoms with Gasteiger partial charge in [0.2, 0.25) is 0 Å². The third-order valence-corrected chi connectivity index (χ3v) is 7.61. The summed E-state index contributed by atoms with van der Waals surface area (Å²) >= 11 is 2.01. The Labute approximate surface area is 188 Å². The van der Waals surface area contributed by atoms with Crippen LogP contribution < -0.4 is 0 Å². The normalized spacial score (nSPS) is 17.4. The Morgan fingerprint density at radius 2 is 1.40 bits per heavy atom. The van der Waals surface area contributed by atoms with Gasteiger partial charge in [-0.05, 0) is 36.3 Å².